The predicted octanol–water partition coefficient (Wildman–Crippen LogP) is -0.249. The van der Waals surface area contributed by atoms with Crippen LogP contribution in [0.3, 0.4) is 0 Å². The highest BCUT2D eigenvalue weighted by Crippen LogP contribution is 1.76. The summed E-state index contributed by atoms with van der Waals surface area (Å²) in [5.41, 5.74) is 0. The lowest BCUT2D eigenvalue weighted by Gasteiger charge is -1.89. The van der Waals surface area contributed by atoms with E-state index in [0.717, 1.165) is 0 Å². The van der Waals surface area contributed by atoms with E-state index in [9.17, 15) is 0 Å². The first-order valence-corrected chi connectivity index (χ1v) is 2.50. The summed E-state index contributed by atoms with van der Waals surface area (Å²) in [5.74, 6) is 4.80. The number of aliphatic hydroxyl groups excluding tert-OH is 2. The minimum absolute atomic E-state index is 0.635. The molecular weight excluding hydrogens is 104 g/mol. The summed E-state index contributed by atoms with van der Waals surface area (Å²) in [6.07, 6.45) is -1.27. The Labute approximate surface area is 49.2 Å². The molecule has 0 spiro atoms. The van der Waals surface area contributed by atoms with Crippen LogP contribution in [0.1, 0.15) is 13.8 Å². The molecular formula is C6H10O2. The van der Waals surface area contributed by atoms with Crippen molar-refractivity contribution in [2.75, 3.05) is 0 Å². The molecule has 0 aromatic rings. The molecule has 2 heteroatoms. The molecule has 0 rings (SSSR count). The molecule has 2 atom stereocenters. The fourth-order valence-electron chi connectivity index (χ4n) is 0.241. The third kappa shape index (κ3) is 5.48. The second-order valence-electron chi connectivity index (χ2n) is 1.64. The lowest BCUT2D eigenvalue weighted by atomic mass is 10.3. The molecule has 0 radical (unpaired) electrons. The molecule has 0 aromatic heterocycles. The van der Waals surface area contributed by atoms with E-state index in [4.69, 9.17) is 10.2 Å². The number of hydrogen-bond donors (Lipinski definition) is 2. The van der Waals surface area contributed by atoms with Crippen molar-refractivity contribution in [3.8, 4) is 11.8 Å². The molecule has 0 aliphatic rings. The molecule has 8 heavy (non-hydrogen) atoms. The third-order valence-electron chi connectivity index (χ3n) is 0.501. The Bertz CT molecular complexity index is 93.4. The molecule has 0 fully saturated rings. The van der Waals surface area contributed by atoms with Gasteiger partial charge >= 0.3 is 0 Å². The molecule has 0 saturated heterocycles. The Morgan fingerprint density at radius 3 is 1.38 bits per heavy atom. The highest BCUT2D eigenvalue weighted by atomic mass is 16.3. The molecule has 0 aliphatic carbocycles. The third-order valence-corrected chi connectivity index (χ3v) is 0.501. The Balaban J connectivity index is 3.50. The summed E-state index contributed by atoms with van der Waals surface area (Å²) in [6, 6.07) is 0. The summed E-state index contributed by atoms with van der Waals surface area (Å²) >= 11 is 0. The standard InChI is InChI=1S/C6H10O2/c1-5(7)3-4-6(2)8/h5-8H,1-2H3/t5-,6?/m0/s1. The highest BCUT2D eigenvalue weighted by molar-refractivity contribution is 5.06. The van der Waals surface area contributed by atoms with Crippen LogP contribution < -0.4 is 0 Å². The van der Waals surface area contributed by atoms with Crippen molar-refractivity contribution in [2.45, 2.75) is 26.1 Å². The summed E-state index contributed by atoms with van der Waals surface area (Å²) < 4.78 is 0. The summed E-state index contributed by atoms with van der Waals surface area (Å²) in [7, 11) is 0. The predicted molar refractivity (Wildman–Crippen MR) is 31.1 cm³/mol. The monoisotopic (exact) mass is 114 g/mol. The van der Waals surface area contributed by atoms with Gasteiger partial charge in [-0.3, -0.25) is 0 Å². The topological polar surface area (TPSA) is 40.5 Å². The first-order chi connectivity index (χ1) is 3.63. The van der Waals surface area contributed by atoms with E-state index in [1.165, 1.54) is 0 Å². The molecule has 0 aliphatic heterocycles. The minimum Gasteiger partial charge on any atom is -0.381 e. The van der Waals surface area contributed by atoms with Crippen molar-refractivity contribution in [3.05, 3.63) is 0 Å². The number of aliphatic hydroxyl groups is 2. The second kappa shape index (κ2) is 3.48. The van der Waals surface area contributed by atoms with E-state index < -0.39 is 12.2 Å². The van der Waals surface area contributed by atoms with Crippen molar-refractivity contribution < 1.29 is 10.2 Å². The normalized spacial score (nSPS) is 16.0. The van der Waals surface area contributed by atoms with E-state index in [2.05, 4.69) is 11.8 Å². The van der Waals surface area contributed by atoms with Gasteiger partial charge < -0.3 is 10.2 Å². The van der Waals surface area contributed by atoms with Crippen molar-refractivity contribution in [3.63, 3.8) is 0 Å². The van der Waals surface area contributed by atoms with Crippen molar-refractivity contribution in [2.24, 2.45) is 0 Å². The van der Waals surface area contributed by atoms with E-state index in [1.54, 1.807) is 13.8 Å². The van der Waals surface area contributed by atoms with Gasteiger partial charge in [0.15, 0.2) is 0 Å². The largest absolute Gasteiger partial charge is 0.381 e. The maximum absolute atomic E-state index is 8.52. The van der Waals surface area contributed by atoms with Gasteiger partial charge in [0.05, 0.1) is 0 Å². The first-order valence-electron chi connectivity index (χ1n) is 2.50. The van der Waals surface area contributed by atoms with Crippen LogP contribution >= 0.6 is 0 Å². The summed E-state index contributed by atoms with van der Waals surface area (Å²) in [5, 5.41) is 17.0. The number of rotatable bonds is 0. The Hall–Kier alpha value is -0.520. The molecule has 0 amide bonds. The Kier molecular flexibility index (Phi) is 3.25. The average Bonchev–Trinajstić information content (AvgIpc) is 1.61. The molecule has 0 heterocycles. The summed E-state index contributed by atoms with van der Waals surface area (Å²) in [6.45, 7) is 3.10. The van der Waals surface area contributed by atoms with Gasteiger partial charge in [-0.1, -0.05) is 11.8 Å². The fourth-order valence-corrected chi connectivity index (χ4v) is 0.241. The van der Waals surface area contributed by atoms with E-state index >= 15 is 0 Å². The van der Waals surface area contributed by atoms with Crippen LogP contribution in [-0.4, -0.2) is 22.4 Å². The number of hydrogen-bond acceptors (Lipinski definition) is 2. The van der Waals surface area contributed by atoms with E-state index in [-0.39, 0.29) is 0 Å². The van der Waals surface area contributed by atoms with Crippen LogP contribution in [-0.2, 0) is 0 Å². The molecule has 2 N–H and O–H groups in total. The van der Waals surface area contributed by atoms with Gasteiger partial charge in [-0.05, 0) is 13.8 Å². The van der Waals surface area contributed by atoms with Gasteiger partial charge in [0.2, 0.25) is 0 Å². The van der Waals surface area contributed by atoms with Gasteiger partial charge in [0, 0.05) is 0 Å². The maximum atomic E-state index is 8.52. The van der Waals surface area contributed by atoms with Crippen LogP contribution in [0, 0.1) is 11.8 Å². The zero-order valence-corrected chi connectivity index (χ0v) is 5.05. The zero-order chi connectivity index (χ0) is 6.57. The zero-order valence-electron chi connectivity index (χ0n) is 5.05. The molecule has 0 saturated carbocycles. The van der Waals surface area contributed by atoms with Crippen LogP contribution in [0.4, 0.5) is 0 Å². The van der Waals surface area contributed by atoms with Gasteiger partial charge in [-0.2, -0.15) is 0 Å². The second-order valence-corrected chi connectivity index (χ2v) is 1.64. The molecule has 1 unspecified atom stereocenters. The van der Waals surface area contributed by atoms with Crippen LogP contribution in [0.2, 0.25) is 0 Å². The van der Waals surface area contributed by atoms with Crippen LogP contribution in [0.5, 0.6) is 0 Å². The van der Waals surface area contributed by atoms with Crippen molar-refractivity contribution in [1.29, 1.82) is 0 Å². The minimum atomic E-state index is -0.635. The van der Waals surface area contributed by atoms with E-state index in [1.807, 2.05) is 0 Å². The average molecular weight is 114 g/mol. The first kappa shape index (κ1) is 7.48. The fraction of sp³-hybridized carbons (Fsp3) is 0.667. The van der Waals surface area contributed by atoms with Crippen LogP contribution in [0.25, 0.3) is 0 Å². The van der Waals surface area contributed by atoms with Gasteiger partial charge in [0.1, 0.15) is 12.2 Å². The molecule has 0 aromatic carbocycles. The van der Waals surface area contributed by atoms with Crippen molar-refractivity contribution >= 4 is 0 Å². The SMILES string of the molecule is CC(O)C#C[C@H](C)O. The van der Waals surface area contributed by atoms with Gasteiger partial charge in [-0.25, -0.2) is 0 Å². The van der Waals surface area contributed by atoms with Crippen LogP contribution in [0.15, 0.2) is 0 Å². The lowest BCUT2D eigenvalue weighted by Crippen LogP contribution is -1.98. The highest BCUT2D eigenvalue weighted by Gasteiger charge is 1.85. The Morgan fingerprint density at radius 1 is 1.00 bits per heavy atom. The van der Waals surface area contributed by atoms with E-state index in [0.29, 0.717) is 0 Å². The molecule has 2 nitrogen and oxygen atoms in total. The molecule has 46 valence electrons. The quantitative estimate of drug-likeness (QED) is 0.426. The smallest absolute Gasteiger partial charge is 0.112 e. The van der Waals surface area contributed by atoms with Crippen molar-refractivity contribution in [1.82, 2.24) is 0 Å². The lowest BCUT2D eigenvalue weighted by molar-refractivity contribution is 0.243. The molecule has 0 bridgehead atoms. The van der Waals surface area contributed by atoms with Gasteiger partial charge in [0.25, 0.3) is 0 Å². The maximum Gasteiger partial charge on any atom is 0.112 e. The van der Waals surface area contributed by atoms with Gasteiger partial charge in [-0.15, -0.1) is 0 Å². The summed E-state index contributed by atoms with van der Waals surface area (Å²) in [4.78, 5) is 0. The Morgan fingerprint density at radius 2 is 1.25 bits per heavy atom.